The van der Waals surface area contributed by atoms with E-state index in [1.54, 1.807) is 0 Å². The molecule has 0 saturated carbocycles. The van der Waals surface area contributed by atoms with Crippen LogP contribution in [0.25, 0.3) is 0 Å². The molecule has 0 spiro atoms. The van der Waals surface area contributed by atoms with Crippen molar-refractivity contribution in [2.45, 2.75) is 69.5 Å². The molecular weight excluding hydrogens is 224 g/mol. The lowest BCUT2D eigenvalue weighted by molar-refractivity contribution is 0.569. The lowest BCUT2D eigenvalue weighted by Crippen LogP contribution is -1.89. The fourth-order valence-electron chi connectivity index (χ4n) is 1.49. The average molecular weight is 248 g/mol. The van der Waals surface area contributed by atoms with Crippen LogP contribution in [0, 0.1) is 6.92 Å². The summed E-state index contributed by atoms with van der Waals surface area (Å²) in [6.45, 7) is 6.08. The highest BCUT2D eigenvalue weighted by Gasteiger charge is 1.95. The van der Waals surface area contributed by atoms with Crippen LogP contribution in [0.15, 0.2) is 0 Å². The Balaban J connectivity index is 2.84. The quantitative estimate of drug-likeness (QED) is 0.392. The zero-order valence-electron chi connectivity index (χ0n) is 9.03. The van der Waals surface area contributed by atoms with E-state index in [1.165, 1.54) is 51.4 Å². The van der Waals surface area contributed by atoms with Crippen molar-refractivity contribution < 1.29 is 0 Å². The van der Waals surface area contributed by atoms with Crippen LogP contribution in [0.4, 0.5) is 0 Å². The van der Waals surface area contributed by atoms with Gasteiger partial charge in [-0.15, -0.1) is 0 Å². The van der Waals surface area contributed by atoms with Gasteiger partial charge in [-0.3, -0.25) is 0 Å². The Morgan fingerprint density at radius 1 is 0.923 bits per heavy atom. The molecule has 0 amide bonds. The monoisotopic (exact) mass is 247 g/mol. The maximum Gasteiger partial charge on any atom is 0.0117 e. The predicted molar refractivity (Wildman–Crippen MR) is 65.3 cm³/mol. The topological polar surface area (TPSA) is 0 Å². The van der Waals surface area contributed by atoms with Gasteiger partial charge in [0.2, 0.25) is 0 Å². The number of unbranched alkanes of at least 4 members (excludes halogenated alkanes) is 7. The van der Waals surface area contributed by atoms with Crippen molar-refractivity contribution in [2.24, 2.45) is 0 Å². The lowest BCUT2D eigenvalue weighted by atomic mass is 10.1. The lowest BCUT2D eigenvalue weighted by Gasteiger charge is -2.02. The second-order valence-corrected chi connectivity index (χ2v) is 5.46. The Kier molecular flexibility index (Phi) is 11.0. The van der Waals surface area contributed by atoms with E-state index >= 15 is 0 Å². The molecule has 0 aliphatic rings. The molecule has 0 heterocycles. The number of hydrogen-bond acceptors (Lipinski definition) is 0. The molecule has 1 unspecified atom stereocenters. The van der Waals surface area contributed by atoms with Gasteiger partial charge in [0, 0.05) is 4.83 Å². The van der Waals surface area contributed by atoms with Gasteiger partial charge in [-0.1, -0.05) is 81.1 Å². The first-order valence-corrected chi connectivity index (χ1v) is 6.62. The third-order valence-corrected chi connectivity index (χ3v) is 2.81. The first-order valence-electron chi connectivity index (χ1n) is 5.70. The van der Waals surface area contributed by atoms with Crippen LogP contribution in [-0.4, -0.2) is 4.83 Å². The van der Waals surface area contributed by atoms with Crippen LogP contribution >= 0.6 is 15.9 Å². The zero-order chi connectivity index (χ0) is 9.94. The van der Waals surface area contributed by atoms with E-state index in [0.717, 1.165) is 6.42 Å². The Morgan fingerprint density at radius 2 is 1.38 bits per heavy atom. The van der Waals surface area contributed by atoms with Gasteiger partial charge >= 0.3 is 0 Å². The van der Waals surface area contributed by atoms with Gasteiger partial charge in [0.15, 0.2) is 0 Å². The first kappa shape index (κ1) is 13.5. The molecule has 79 valence electrons. The summed E-state index contributed by atoms with van der Waals surface area (Å²) >= 11 is 3.57. The van der Waals surface area contributed by atoms with Crippen molar-refractivity contribution in [3.8, 4) is 0 Å². The molecule has 0 aromatic heterocycles. The molecule has 1 radical (unpaired) electrons. The van der Waals surface area contributed by atoms with Crippen molar-refractivity contribution in [2.75, 3.05) is 0 Å². The van der Waals surface area contributed by atoms with E-state index in [-0.39, 0.29) is 0 Å². The largest absolute Gasteiger partial charge is 0.0894 e. The SMILES string of the molecule is [CH2]CCCCCCCCCC(C)Br. The van der Waals surface area contributed by atoms with E-state index in [0.29, 0.717) is 4.83 Å². The van der Waals surface area contributed by atoms with Crippen LogP contribution in [-0.2, 0) is 0 Å². The fraction of sp³-hybridized carbons (Fsp3) is 0.917. The van der Waals surface area contributed by atoms with Gasteiger partial charge in [0.25, 0.3) is 0 Å². The Morgan fingerprint density at radius 3 is 1.85 bits per heavy atom. The molecule has 0 bridgehead atoms. The third-order valence-electron chi connectivity index (χ3n) is 2.35. The van der Waals surface area contributed by atoms with E-state index in [4.69, 9.17) is 0 Å². The summed E-state index contributed by atoms with van der Waals surface area (Å²) in [7, 11) is 0. The highest BCUT2D eigenvalue weighted by Crippen LogP contribution is 2.13. The van der Waals surface area contributed by atoms with E-state index in [1.807, 2.05) is 0 Å². The summed E-state index contributed by atoms with van der Waals surface area (Å²) in [5.41, 5.74) is 0. The number of hydrogen-bond donors (Lipinski definition) is 0. The molecule has 1 heteroatoms. The summed E-state index contributed by atoms with van der Waals surface area (Å²) < 4.78 is 0. The van der Waals surface area contributed by atoms with Crippen molar-refractivity contribution in [3.05, 3.63) is 6.92 Å². The van der Waals surface area contributed by atoms with Gasteiger partial charge in [0.05, 0.1) is 0 Å². The molecule has 13 heavy (non-hydrogen) atoms. The molecule has 0 aromatic carbocycles. The summed E-state index contributed by atoms with van der Waals surface area (Å²) in [6.07, 6.45) is 12.2. The summed E-state index contributed by atoms with van der Waals surface area (Å²) in [4.78, 5) is 0.707. The van der Waals surface area contributed by atoms with Crippen molar-refractivity contribution >= 4 is 15.9 Å². The highest BCUT2D eigenvalue weighted by molar-refractivity contribution is 9.09. The van der Waals surface area contributed by atoms with Gasteiger partial charge in [0.1, 0.15) is 0 Å². The van der Waals surface area contributed by atoms with E-state index < -0.39 is 0 Å². The van der Waals surface area contributed by atoms with Crippen LogP contribution in [0.1, 0.15) is 64.7 Å². The second kappa shape index (κ2) is 10.6. The minimum absolute atomic E-state index is 0.707. The van der Waals surface area contributed by atoms with Crippen molar-refractivity contribution in [1.29, 1.82) is 0 Å². The number of rotatable bonds is 9. The normalized spacial score (nSPS) is 13.2. The molecular formula is C12H24Br. The molecule has 0 aromatic rings. The summed E-state index contributed by atoms with van der Waals surface area (Å²) in [6, 6.07) is 0. The number of halogens is 1. The zero-order valence-corrected chi connectivity index (χ0v) is 10.6. The Hall–Kier alpha value is 0.480. The smallest absolute Gasteiger partial charge is 0.0117 e. The van der Waals surface area contributed by atoms with Gasteiger partial charge in [-0.05, 0) is 6.42 Å². The highest BCUT2D eigenvalue weighted by atomic mass is 79.9. The maximum absolute atomic E-state index is 3.85. The summed E-state index contributed by atoms with van der Waals surface area (Å²) in [5, 5.41) is 0. The minimum atomic E-state index is 0.707. The summed E-state index contributed by atoms with van der Waals surface area (Å²) in [5.74, 6) is 0. The van der Waals surface area contributed by atoms with Gasteiger partial charge in [-0.25, -0.2) is 0 Å². The molecule has 1 atom stereocenters. The molecule has 0 saturated heterocycles. The van der Waals surface area contributed by atoms with E-state index in [2.05, 4.69) is 29.8 Å². The van der Waals surface area contributed by atoms with Crippen LogP contribution in [0.3, 0.4) is 0 Å². The predicted octanol–water partition coefficient (Wildman–Crippen LogP) is 5.11. The van der Waals surface area contributed by atoms with Crippen LogP contribution < -0.4 is 0 Å². The third kappa shape index (κ3) is 12.5. The van der Waals surface area contributed by atoms with Gasteiger partial charge in [-0.2, -0.15) is 0 Å². The molecule has 0 aliphatic carbocycles. The minimum Gasteiger partial charge on any atom is -0.0894 e. The van der Waals surface area contributed by atoms with Crippen molar-refractivity contribution in [3.63, 3.8) is 0 Å². The van der Waals surface area contributed by atoms with Gasteiger partial charge < -0.3 is 0 Å². The van der Waals surface area contributed by atoms with Crippen LogP contribution in [0.2, 0.25) is 0 Å². The van der Waals surface area contributed by atoms with Crippen LogP contribution in [0.5, 0.6) is 0 Å². The molecule has 0 N–H and O–H groups in total. The van der Waals surface area contributed by atoms with Crippen molar-refractivity contribution in [1.82, 2.24) is 0 Å². The average Bonchev–Trinajstić information content (AvgIpc) is 2.09. The molecule has 0 rings (SSSR count). The van der Waals surface area contributed by atoms with E-state index in [9.17, 15) is 0 Å². The Bertz CT molecular complexity index is 89.1. The fourth-order valence-corrected chi connectivity index (χ4v) is 1.81. The maximum atomic E-state index is 3.85. The Labute approximate surface area is 92.6 Å². The second-order valence-electron chi connectivity index (χ2n) is 3.90. The molecule has 0 nitrogen and oxygen atoms in total. The molecule has 0 fully saturated rings. The number of alkyl halides is 1. The standard InChI is InChI=1S/C12H24Br/c1-3-4-5-6-7-8-9-10-11-12(2)13/h12H,1,3-11H2,2H3. The first-order chi connectivity index (χ1) is 6.27. The molecule has 0 aliphatic heterocycles.